The number of hydrogen-bond acceptors (Lipinski definition) is 3. The van der Waals surface area contributed by atoms with E-state index in [1.165, 1.54) is 18.4 Å². The molecular weight excluding hydrogens is 290 g/mol. The van der Waals surface area contributed by atoms with E-state index in [2.05, 4.69) is 40.6 Å². The molecule has 2 amide bonds. The number of carbonyl (C=O) groups is 1. The summed E-state index contributed by atoms with van der Waals surface area (Å²) < 4.78 is 1.91. The van der Waals surface area contributed by atoms with E-state index in [1.807, 2.05) is 11.6 Å². The van der Waals surface area contributed by atoms with E-state index >= 15 is 0 Å². The molecule has 0 fully saturated rings. The molecule has 1 aromatic rings. The van der Waals surface area contributed by atoms with Crippen LogP contribution < -0.4 is 10.6 Å². The van der Waals surface area contributed by atoms with Gasteiger partial charge >= 0.3 is 6.03 Å². The van der Waals surface area contributed by atoms with Crippen molar-refractivity contribution in [2.45, 2.75) is 65.5 Å². The first-order valence-electron chi connectivity index (χ1n) is 8.61. The monoisotopic (exact) mass is 317 g/mol. The normalized spacial score (nSPS) is 20.8. The molecule has 0 saturated carbocycles. The number of amides is 2. The lowest BCUT2D eigenvalue weighted by molar-refractivity contribution is 0.228. The van der Waals surface area contributed by atoms with Crippen molar-refractivity contribution in [2.75, 3.05) is 6.54 Å². The lowest BCUT2D eigenvalue weighted by Crippen LogP contribution is -2.43. The van der Waals surface area contributed by atoms with Crippen LogP contribution in [0.2, 0.25) is 0 Å². The van der Waals surface area contributed by atoms with Crippen molar-refractivity contribution in [3.05, 3.63) is 23.3 Å². The van der Waals surface area contributed by atoms with Crippen LogP contribution in [-0.2, 0) is 6.54 Å². The predicted molar refractivity (Wildman–Crippen MR) is 89.0 cm³/mol. The number of urea groups is 1. The molecule has 126 valence electrons. The lowest BCUT2D eigenvalue weighted by Gasteiger charge is -2.28. The lowest BCUT2D eigenvalue weighted by atomic mass is 9.83. The molecule has 3 rings (SSSR count). The van der Waals surface area contributed by atoms with Crippen LogP contribution in [0.5, 0.6) is 0 Å². The van der Waals surface area contributed by atoms with Crippen molar-refractivity contribution >= 4 is 6.03 Å². The van der Waals surface area contributed by atoms with Crippen LogP contribution in [0.4, 0.5) is 4.79 Å². The number of hydrogen-bond donors (Lipinski definition) is 2. The van der Waals surface area contributed by atoms with Gasteiger partial charge in [-0.15, -0.1) is 0 Å². The van der Waals surface area contributed by atoms with Gasteiger partial charge in [0.15, 0.2) is 0 Å². The quantitative estimate of drug-likeness (QED) is 0.839. The number of aryl methyl sites for hydroxylation is 2. The second-order valence-electron chi connectivity index (χ2n) is 7.27. The van der Waals surface area contributed by atoms with Crippen LogP contribution in [0.25, 0.3) is 0 Å². The maximum Gasteiger partial charge on any atom is 0.315 e. The van der Waals surface area contributed by atoms with Crippen LogP contribution in [0.15, 0.2) is 11.6 Å². The summed E-state index contributed by atoms with van der Waals surface area (Å²) in [5, 5.41) is 10.5. The predicted octanol–water partition coefficient (Wildman–Crippen LogP) is 2.86. The average Bonchev–Trinajstić information content (AvgIpc) is 3.14. The van der Waals surface area contributed by atoms with Crippen molar-refractivity contribution in [3.63, 3.8) is 0 Å². The highest BCUT2D eigenvalue weighted by molar-refractivity contribution is 5.74. The van der Waals surface area contributed by atoms with E-state index in [-0.39, 0.29) is 17.5 Å². The van der Waals surface area contributed by atoms with Gasteiger partial charge in [-0.05, 0) is 39.0 Å². The minimum atomic E-state index is -0.115. The molecule has 6 nitrogen and oxygen atoms in total. The molecule has 1 atom stereocenters. The van der Waals surface area contributed by atoms with Crippen molar-refractivity contribution in [1.82, 2.24) is 25.4 Å². The standard InChI is InChI=1S/C17H27N5O/c1-12-19-15-14(9-6-10-22(15)21-12)20-16(23)18-11-17(2,3)13-7-4-5-8-13/h7,14H,4-6,8-11H2,1-3H3,(H2,18,20,23). The van der Waals surface area contributed by atoms with Crippen molar-refractivity contribution < 1.29 is 4.79 Å². The van der Waals surface area contributed by atoms with Crippen molar-refractivity contribution in [2.24, 2.45) is 5.41 Å². The van der Waals surface area contributed by atoms with Gasteiger partial charge < -0.3 is 10.6 Å². The average molecular weight is 317 g/mol. The maximum absolute atomic E-state index is 12.3. The highest BCUT2D eigenvalue weighted by Crippen LogP contribution is 2.34. The topological polar surface area (TPSA) is 71.8 Å². The molecule has 0 saturated heterocycles. The Balaban J connectivity index is 1.56. The summed E-state index contributed by atoms with van der Waals surface area (Å²) in [5.74, 6) is 1.64. The molecule has 2 N–H and O–H groups in total. The van der Waals surface area contributed by atoms with Crippen molar-refractivity contribution in [3.8, 4) is 0 Å². The zero-order valence-corrected chi connectivity index (χ0v) is 14.4. The Morgan fingerprint density at radius 1 is 1.43 bits per heavy atom. The Morgan fingerprint density at radius 3 is 3.00 bits per heavy atom. The largest absolute Gasteiger partial charge is 0.337 e. The Hall–Kier alpha value is -1.85. The van der Waals surface area contributed by atoms with Crippen LogP contribution in [-0.4, -0.2) is 27.3 Å². The molecule has 2 aliphatic rings. The zero-order chi connectivity index (χ0) is 16.4. The third kappa shape index (κ3) is 3.57. The maximum atomic E-state index is 12.3. The molecule has 1 aliphatic heterocycles. The number of carbonyl (C=O) groups excluding carboxylic acids is 1. The summed E-state index contributed by atoms with van der Waals surface area (Å²) in [6.45, 7) is 7.83. The first-order valence-corrected chi connectivity index (χ1v) is 8.61. The van der Waals surface area contributed by atoms with Gasteiger partial charge in [0.25, 0.3) is 0 Å². The Bertz CT molecular complexity index is 616. The third-order valence-corrected chi connectivity index (χ3v) is 4.89. The van der Waals surface area contributed by atoms with E-state index in [4.69, 9.17) is 0 Å². The molecule has 0 bridgehead atoms. The number of allylic oxidation sites excluding steroid dienone is 1. The minimum absolute atomic E-state index is 0.0248. The van der Waals surface area contributed by atoms with Gasteiger partial charge in [0.2, 0.25) is 0 Å². The van der Waals surface area contributed by atoms with E-state index in [9.17, 15) is 4.79 Å². The highest BCUT2D eigenvalue weighted by atomic mass is 16.2. The number of nitrogens with one attached hydrogen (secondary N) is 2. The molecule has 0 aromatic carbocycles. The molecule has 2 heterocycles. The fourth-order valence-electron chi connectivity index (χ4n) is 3.51. The molecule has 1 aliphatic carbocycles. The molecular formula is C17H27N5O. The number of aromatic nitrogens is 3. The first kappa shape index (κ1) is 16.0. The highest BCUT2D eigenvalue weighted by Gasteiger charge is 2.28. The van der Waals surface area contributed by atoms with Gasteiger partial charge in [0.05, 0.1) is 6.04 Å². The molecule has 1 unspecified atom stereocenters. The van der Waals surface area contributed by atoms with Gasteiger partial charge in [0.1, 0.15) is 11.6 Å². The number of rotatable bonds is 4. The van der Waals surface area contributed by atoms with Gasteiger partial charge in [-0.1, -0.05) is 25.5 Å². The van der Waals surface area contributed by atoms with Crippen LogP contribution in [0, 0.1) is 12.3 Å². The van der Waals surface area contributed by atoms with Gasteiger partial charge in [-0.25, -0.2) is 14.5 Å². The molecule has 23 heavy (non-hydrogen) atoms. The smallest absolute Gasteiger partial charge is 0.315 e. The SMILES string of the molecule is Cc1nc2n(n1)CCCC2NC(=O)NCC(C)(C)C1=CCCC1. The molecule has 6 heteroatoms. The summed E-state index contributed by atoms with van der Waals surface area (Å²) in [6.07, 6.45) is 7.82. The van der Waals surface area contributed by atoms with Gasteiger partial charge in [0, 0.05) is 18.5 Å². The molecule has 1 aromatic heterocycles. The minimum Gasteiger partial charge on any atom is -0.337 e. The van der Waals surface area contributed by atoms with Crippen molar-refractivity contribution in [1.29, 1.82) is 0 Å². The summed E-state index contributed by atoms with van der Waals surface area (Å²) in [7, 11) is 0. The van der Waals surface area contributed by atoms with E-state index in [1.54, 1.807) is 0 Å². The van der Waals surface area contributed by atoms with Gasteiger partial charge in [-0.2, -0.15) is 5.10 Å². The van der Waals surface area contributed by atoms with E-state index in [0.717, 1.165) is 37.5 Å². The zero-order valence-electron chi connectivity index (χ0n) is 14.4. The summed E-state index contributed by atoms with van der Waals surface area (Å²) in [6, 6.07) is -0.158. The Kier molecular flexibility index (Phi) is 4.41. The van der Waals surface area contributed by atoms with Crippen LogP contribution in [0.1, 0.15) is 63.6 Å². The fourth-order valence-corrected chi connectivity index (χ4v) is 3.51. The summed E-state index contributed by atoms with van der Waals surface area (Å²) in [4.78, 5) is 16.7. The Morgan fingerprint density at radius 2 is 2.26 bits per heavy atom. The molecule has 0 radical (unpaired) electrons. The second-order valence-corrected chi connectivity index (χ2v) is 7.27. The number of nitrogens with zero attached hydrogens (tertiary/aromatic N) is 3. The fraction of sp³-hybridized carbons (Fsp3) is 0.706. The van der Waals surface area contributed by atoms with E-state index in [0.29, 0.717) is 6.54 Å². The third-order valence-electron chi connectivity index (χ3n) is 4.89. The second kappa shape index (κ2) is 6.34. The summed E-state index contributed by atoms with van der Waals surface area (Å²) in [5.41, 5.74) is 1.49. The summed E-state index contributed by atoms with van der Waals surface area (Å²) >= 11 is 0. The van der Waals surface area contributed by atoms with E-state index < -0.39 is 0 Å². The number of fused-ring (bicyclic) bond motifs is 1. The molecule has 0 spiro atoms. The first-order chi connectivity index (χ1) is 11.0. The van der Waals surface area contributed by atoms with Gasteiger partial charge in [-0.3, -0.25) is 0 Å². The van der Waals surface area contributed by atoms with Crippen LogP contribution in [0.3, 0.4) is 0 Å². The Labute approximate surface area is 137 Å². The van der Waals surface area contributed by atoms with Crippen LogP contribution >= 0.6 is 0 Å².